The Morgan fingerprint density at radius 1 is 1.27 bits per heavy atom. The van der Waals surface area contributed by atoms with Crippen molar-refractivity contribution in [1.29, 1.82) is 0 Å². The van der Waals surface area contributed by atoms with E-state index in [2.05, 4.69) is 23.8 Å². The maximum absolute atomic E-state index is 13.3. The summed E-state index contributed by atoms with van der Waals surface area (Å²) in [5.41, 5.74) is 2.16. The Morgan fingerprint density at radius 2 is 2.15 bits per heavy atom. The number of rotatable bonds is 3. The third kappa shape index (κ3) is 3.00. The second kappa shape index (κ2) is 6.94. The highest BCUT2D eigenvalue weighted by molar-refractivity contribution is 5.96. The first-order chi connectivity index (χ1) is 12.6. The third-order valence-corrected chi connectivity index (χ3v) is 5.10. The third-order valence-electron chi connectivity index (χ3n) is 5.10. The van der Waals surface area contributed by atoms with E-state index in [0.29, 0.717) is 5.56 Å². The number of imidazole rings is 1. The van der Waals surface area contributed by atoms with Gasteiger partial charge < -0.3 is 13.9 Å². The van der Waals surface area contributed by atoms with E-state index in [4.69, 9.17) is 4.42 Å². The maximum atomic E-state index is 13.3. The Labute approximate surface area is 152 Å². The zero-order chi connectivity index (χ0) is 18.1. The van der Waals surface area contributed by atoms with Gasteiger partial charge in [-0.1, -0.05) is 12.8 Å². The van der Waals surface area contributed by atoms with Crippen LogP contribution < -0.4 is 0 Å². The lowest BCUT2D eigenvalue weighted by molar-refractivity contribution is 0.0658. The Morgan fingerprint density at radius 3 is 2.92 bits per heavy atom. The van der Waals surface area contributed by atoms with Gasteiger partial charge in [0.2, 0.25) is 0 Å². The van der Waals surface area contributed by atoms with Gasteiger partial charge in [-0.15, -0.1) is 0 Å². The topological polar surface area (TPSA) is 64.2 Å². The van der Waals surface area contributed by atoms with Crippen molar-refractivity contribution in [3.63, 3.8) is 0 Å². The van der Waals surface area contributed by atoms with Gasteiger partial charge in [0.15, 0.2) is 5.65 Å². The first-order valence-electron chi connectivity index (χ1n) is 9.32. The van der Waals surface area contributed by atoms with Crippen LogP contribution in [0.4, 0.5) is 0 Å². The largest absolute Gasteiger partial charge is 0.467 e. The maximum Gasteiger partial charge on any atom is 0.256 e. The lowest BCUT2D eigenvalue weighted by atomic mass is 10.1. The van der Waals surface area contributed by atoms with Crippen molar-refractivity contribution in [3.05, 3.63) is 48.3 Å². The predicted octanol–water partition coefficient (Wildman–Crippen LogP) is 4.36. The second-order valence-corrected chi connectivity index (χ2v) is 7.19. The smallest absolute Gasteiger partial charge is 0.256 e. The van der Waals surface area contributed by atoms with Gasteiger partial charge >= 0.3 is 0 Å². The van der Waals surface area contributed by atoms with Crippen molar-refractivity contribution in [2.75, 3.05) is 6.54 Å². The van der Waals surface area contributed by atoms with Gasteiger partial charge in [-0.3, -0.25) is 4.79 Å². The Balaban J connectivity index is 1.67. The molecule has 1 aliphatic heterocycles. The van der Waals surface area contributed by atoms with Gasteiger partial charge in [0, 0.05) is 18.8 Å². The van der Waals surface area contributed by atoms with Crippen LogP contribution in [0.2, 0.25) is 0 Å². The molecule has 26 heavy (non-hydrogen) atoms. The van der Waals surface area contributed by atoms with E-state index >= 15 is 0 Å². The first-order valence-corrected chi connectivity index (χ1v) is 9.32. The molecular formula is C20H24N4O2. The van der Waals surface area contributed by atoms with Crippen LogP contribution in [0.15, 0.2) is 41.4 Å². The molecule has 0 spiro atoms. The van der Waals surface area contributed by atoms with E-state index in [1.165, 1.54) is 0 Å². The summed E-state index contributed by atoms with van der Waals surface area (Å²) < 4.78 is 7.63. The fourth-order valence-corrected chi connectivity index (χ4v) is 3.71. The molecule has 0 N–H and O–H groups in total. The minimum absolute atomic E-state index is 0.00166. The normalized spacial score (nSPS) is 18.4. The van der Waals surface area contributed by atoms with Crippen LogP contribution in [0.1, 0.15) is 67.7 Å². The number of carbonyl (C=O) groups excluding carboxylic acids is 1. The minimum Gasteiger partial charge on any atom is -0.467 e. The molecular weight excluding hydrogens is 328 g/mol. The summed E-state index contributed by atoms with van der Waals surface area (Å²) >= 11 is 0. The lowest BCUT2D eigenvalue weighted by Crippen LogP contribution is -2.34. The molecule has 1 atom stereocenters. The molecule has 1 aliphatic rings. The average molecular weight is 352 g/mol. The van der Waals surface area contributed by atoms with Gasteiger partial charge in [-0.05, 0) is 44.9 Å². The highest BCUT2D eigenvalue weighted by Crippen LogP contribution is 2.32. The molecule has 1 fully saturated rings. The number of likely N-dealkylation sites (tertiary alicyclic amines) is 1. The van der Waals surface area contributed by atoms with Gasteiger partial charge in [0.25, 0.3) is 5.91 Å². The highest BCUT2D eigenvalue weighted by Gasteiger charge is 2.29. The molecule has 136 valence electrons. The Bertz CT molecular complexity index is 898. The number of hydrogen-bond acceptors (Lipinski definition) is 4. The van der Waals surface area contributed by atoms with E-state index in [-0.39, 0.29) is 18.0 Å². The number of furan rings is 1. The zero-order valence-electron chi connectivity index (χ0n) is 15.3. The van der Waals surface area contributed by atoms with Crippen molar-refractivity contribution in [2.45, 2.75) is 51.6 Å². The van der Waals surface area contributed by atoms with Crippen LogP contribution in [0.25, 0.3) is 11.2 Å². The summed E-state index contributed by atoms with van der Waals surface area (Å²) in [6, 6.07) is 5.97. The van der Waals surface area contributed by atoms with Crippen LogP contribution in [-0.4, -0.2) is 31.9 Å². The molecule has 0 aromatic carbocycles. The van der Waals surface area contributed by atoms with Crippen LogP contribution in [-0.2, 0) is 0 Å². The quantitative estimate of drug-likeness (QED) is 0.702. The van der Waals surface area contributed by atoms with Gasteiger partial charge in [0.05, 0.1) is 24.2 Å². The second-order valence-electron chi connectivity index (χ2n) is 7.19. The fraction of sp³-hybridized carbons (Fsp3) is 0.450. The summed E-state index contributed by atoms with van der Waals surface area (Å²) in [6.45, 7) is 4.92. The molecule has 1 unspecified atom stereocenters. The molecule has 0 bridgehead atoms. The molecule has 3 aromatic heterocycles. The molecule has 6 heteroatoms. The van der Waals surface area contributed by atoms with Crippen molar-refractivity contribution in [3.8, 4) is 0 Å². The molecule has 0 aliphatic carbocycles. The van der Waals surface area contributed by atoms with Crippen LogP contribution in [0, 0.1) is 0 Å². The van der Waals surface area contributed by atoms with Crippen molar-refractivity contribution in [2.24, 2.45) is 0 Å². The van der Waals surface area contributed by atoms with E-state index in [0.717, 1.165) is 49.2 Å². The average Bonchev–Trinajstić information content (AvgIpc) is 3.25. The minimum atomic E-state index is -0.0103. The summed E-state index contributed by atoms with van der Waals surface area (Å²) in [7, 11) is 0. The standard InChI is InChI=1S/C20H24N4O2/c1-14(2)24-13-22-16-11-15(12-21-19(16)24)20(25)23-9-5-3-4-7-17(23)18-8-6-10-26-18/h6,8,10-14,17H,3-5,7,9H2,1-2H3. The molecule has 1 amide bonds. The Kier molecular flexibility index (Phi) is 4.49. The highest BCUT2D eigenvalue weighted by atomic mass is 16.3. The molecule has 3 aromatic rings. The van der Waals surface area contributed by atoms with Crippen molar-refractivity contribution < 1.29 is 9.21 Å². The van der Waals surface area contributed by atoms with E-state index in [1.54, 1.807) is 18.8 Å². The number of amides is 1. The molecule has 0 radical (unpaired) electrons. The predicted molar refractivity (Wildman–Crippen MR) is 98.9 cm³/mol. The van der Waals surface area contributed by atoms with E-state index in [9.17, 15) is 4.79 Å². The molecule has 0 saturated carbocycles. The van der Waals surface area contributed by atoms with Crippen molar-refractivity contribution in [1.82, 2.24) is 19.4 Å². The molecule has 1 saturated heterocycles. The summed E-state index contributed by atoms with van der Waals surface area (Å²) in [4.78, 5) is 24.1. The number of pyridine rings is 1. The number of nitrogens with zero attached hydrogens (tertiary/aromatic N) is 4. The van der Waals surface area contributed by atoms with Gasteiger partial charge in [-0.2, -0.15) is 0 Å². The fourth-order valence-electron chi connectivity index (χ4n) is 3.71. The lowest BCUT2D eigenvalue weighted by Gasteiger charge is -2.28. The number of carbonyl (C=O) groups is 1. The number of hydrogen-bond donors (Lipinski definition) is 0. The number of aromatic nitrogens is 3. The zero-order valence-corrected chi connectivity index (χ0v) is 15.3. The monoisotopic (exact) mass is 352 g/mol. The number of fused-ring (bicyclic) bond motifs is 1. The summed E-state index contributed by atoms with van der Waals surface area (Å²) in [5, 5.41) is 0. The van der Waals surface area contributed by atoms with Gasteiger partial charge in [-0.25, -0.2) is 9.97 Å². The van der Waals surface area contributed by atoms with Crippen LogP contribution in [0.3, 0.4) is 0 Å². The van der Waals surface area contributed by atoms with Crippen LogP contribution in [0.5, 0.6) is 0 Å². The SMILES string of the molecule is CC(C)n1cnc2cc(C(=O)N3CCCCCC3c3ccco3)cnc21. The summed E-state index contributed by atoms with van der Waals surface area (Å²) in [5.74, 6) is 0.861. The van der Waals surface area contributed by atoms with Crippen molar-refractivity contribution >= 4 is 17.1 Å². The van der Waals surface area contributed by atoms with E-state index in [1.807, 2.05) is 27.7 Å². The van der Waals surface area contributed by atoms with Crippen LogP contribution >= 0.6 is 0 Å². The summed E-state index contributed by atoms with van der Waals surface area (Å²) in [6.07, 6.45) is 9.32. The Hall–Kier alpha value is -2.63. The van der Waals surface area contributed by atoms with E-state index < -0.39 is 0 Å². The first kappa shape index (κ1) is 16.8. The molecule has 4 rings (SSSR count). The molecule has 4 heterocycles. The molecule has 6 nitrogen and oxygen atoms in total. The van der Waals surface area contributed by atoms with Gasteiger partial charge in [0.1, 0.15) is 11.3 Å².